The van der Waals surface area contributed by atoms with Gasteiger partial charge in [-0.15, -0.1) is 0 Å². The summed E-state index contributed by atoms with van der Waals surface area (Å²) < 4.78 is 12.1. The van der Waals surface area contributed by atoms with Crippen LogP contribution in [0.1, 0.15) is 58.9 Å². The van der Waals surface area contributed by atoms with E-state index < -0.39 is 5.60 Å². The Morgan fingerprint density at radius 2 is 1.86 bits per heavy atom. The van der Waals surface area contributed by atoms with Crippen molar-refractivity contribution in [1.29, 1.82) is 0 Å². The van der Waals surface area contributed by atoms with Crippen LogP contribution < -0.4 is 4.74 Å². The van der Waals surface area contributed by atoms with Gasteiger partial charge in [-0.05, 0) is 54.7 Å². The van der Waals surface area contributed by atoms with Crippen molar-refractivity contribution in [2.75, 3.05) is 26.3 Å². The Balaban J connectivity index is 1.75. The molecule has 4 nitrogen and oxygen atoms in total. The molecule has 2 saturated heterocycles. The van der Waals surface area contributed by atoms with Gasteiger partial charge in [0.2, 0.25) is 0 Å². The number of benzene rings is 1. The van der Waals surface area contributed by atoms with Crippen LogP contribution in [0.15, 0.2) is 24.3 Å². The summed E-state index contributed by atoms with van der Waals surface area (Å²) in [5.41, 5.74) is 0.485. The summed E-state index contributed by atoms with van der Waals surface area (Å²) in [6, 6.07) is 8.27. The number of nitrogens with zero attached hydrogens (tertiary/aromatic N) is 1. The zero-order valence-electron chi connectivity index (χ0n) is 18.1. The van der Waals surface area contributed by atoms with Crippen molar-refractivity contribution < 1.29 is 14.3 Å². The first kappa shape index (κ1) is 21.2. The number of hydrogen-bond donors (Lipinski definition) is 0. The van der Waals surface area contributed by atoms with Crippen LogP contribution in [0.5, 0.6) is 5.75 Å². The minimum atomic E-state index is -0.778. The van der Waals surface area contributed by atoms with Crippen LogP contribution in [0.25, 0.3) is 0 Å². The van der Waals surface area contributed by atoms with Crippen molar-refractivity contribution in [2.24, 2.45) is 17.8 Å². The van der Waals surface area contributed by atoms with Crippen molar-refractivity contribution in [3.8, 4) is 5.75 Å². The molecule has 0 saturated carbocycles. The molecule has 0 aliphatic carbocycles. The summed E-state index contributed by atoms with van der Waals surface area (Å²) >= 11 is 0. The second-order valence-corrected chi connectivity index (χ2v) is 9.33. The monoisotopic (exact) mass is 387 g/mol. The quantitative estimate of drug-likeness (QED) is 0.710. The first-order valence-corrected chi connectivity index (χ1v) is 11.0. The summed E-state index contributed by atoms with van der Waals surface area (Å²) in [4.78, 5) is 15.6. The number of carbonyl (C=O) groups excluding carboxylic acids is 1. The smallest absolute Gasteiger partial charge is 0.266 e. The standard InChI is InChI=1S/C24H37NO3/c1-18(2)16-20-6-5-7-22(17-20)28-24(10-14-27-15-11-24)23(26)25-12-8-21(9-13-25)19(3)4/h5-7,17-19,21H,8-16H2,1-4H3. The first-order chi connectivity index (χ1) is 13.4. The van der Waals surface area contributed by atoms with E-state index in [4.69, 9.17) is 9.47 Å². The van der Waals surface area contributed by atoms with Gasteiger partial charge in [0, 0.05) is 25.9 Å². The van der Waals surface area contributed by atoms with Gasteiger partial charge < -0.3 is 14.4 Å². The van der Waals surface area contributed by atoms with Gasteiger partial charge in [-0.1, -0.05) is 39.8 Å². The summed E-state index contributed by atoms with van der Waals surface area (Å²) in [6.07, 6.45) is 4.47. The normalized spacial score (nSPS) is 20.6. The molecule has 2 heterocycles. The molecular formula is C24H37NO3. The highest BCUT2D eigenvalue weighted by Gasteiger charge is 2.45. The first-order valence-electron chi connectivity index (χ1n) is 11.0. The predicted molar refractivity (Wildman–Crippen MR) is 113 cm³/mol. The molecule has 1 aromatic carbocycles. The predicted octanol–water partition coefficient (Wildman–Crippen LogP) is 4.71. The fraction of sp³-hybridized carbons (Fsp3) is 0.708. The van der Waals surface area contributed by atoms with Gasteiger partial charge >= 0.3 is 0 Å². The fourth-order valence-corrected chi connectivity index (χ4v) is 4.55. The zero-order valence-corrected chi connectivity index (χ0v) is 18.1. The largest absolute Gasteiger partial charge is 0.477 e. The summed E-state index contributed by atoms with van der Waals surface area (Å²) in [5, 5.41) is 0. The van der Waals surface area contributed by atoms with Crippen LogP contribution in [0.4, 0.5) is 0 Å². The van der Waals surface area contributed by atoms with Gasteiger partial charge in [-0.3, -0.25) is 4.79 Å². The lowest BCUT2D eigenvalue weighted by molar-refractivity contribution is -0.158. The van der Waals surface area contributed by atoms with Crippen molar-refractivity contribution in [1.82, 2.24) is 4.90 Å². The Kier molecular flexibility index (Phi) is 7.03. The maximum absolute atomic E-state index is 13.6. The average molecular weight is 388 g/mol. The molecule has 156 valence electrons. The molecule has 0 bridgehead atoms. The minimum Gasteiger partial charge on any atom is -0.477 e. The molecule has 3 rings (SSSR count). The molecule has 1 amide bonds. The number of carbonyl (C=O) groups is 1. The maximum atomic E-state index is 13.6. The average Bonchev–Trinajstić information content (AvgIpc) is 2.68. The number of rotatable bonds is 6. The fourth-order valence-electron chi connectivity index (χ4n) is 4.55. The third-order valence-corrected chi connectivity index (χ3v) is 6.32. The van der Waals surface area contributed by atoms with Gasteiger partial charge in [-0.25, -0.2) is 0 Å². The lowest BCUT2D eigenvalue weighted by Gasteiger charge is -2.42. The van der Waals surface area contributed by atoms with Gasteiger partial charge in [-0.2, -0.15) is 0 Å². The summed E-state index contributed by atoms with van der Waals surface area (Å²) in [5.74, 6) is 2.98. The van der Waals surface area contributed by atoms with Gasteiger partial charge in [0.25, 0.3) is 5.91 Å². The van der Waals surface area contributed by atoms with Crippen LogP contribution in [0.3, 0.4) is 0 Å². The molecule has 2 aliphatic rings. The lowest BCUT2D eigenvalue weighted by atomic mass is 9.85. The molecule has 2 aliphatic heterocycles. The molecule has 0 aromatic heterocycles. The van der Waals surface area contributed by atoms with Crippen molar-refractivity contribution in [2.45, 2.75) is 65.4 Å². The van der Waals surface area contributed by atoms with E-state index in [-0.39, 0.29) is 5.91 Å². The molecule has 2 fully saturated rings. The van der Waals surface area contributed by atoms with E-state index in [9.17, 15) is 4.79 Å². The van der Waals surface area contributed by atoms with Crippen LogP contribution >= 0.6 is 0 Å². The topological polar surface area (TPSA) is 38.8 Å². The second-order valence-electron chi connectivity index (χ2n) is 9.33. The van der Waals surface area contributed by atoms with E-state index in [1.807, 2.05) is 17.0 Å². The van der Waals surface area contributed by atoms with Gasteiger partial charge in [0.1, 0.15) is 5.75 Å². The molecule has 28 heavy (non-hydrogen) atoms. The van der Waals surface area contributed by atoms with E-state index in [1.54, 1.807) is 0 Å². The number of amides is 1. The van der Waals surface area contributed by atoms with E-state index in [1.165, 1.54) is 5.56 Å². The summed E-state index contributed by atoms with van der Waals surface area (Å²) in [6.45, 7) is 11.9. The van der Waals surface area contributed by atoms with Crippen LogP contribution in [-0.2, 0) is 16.0 Å². The highest BCUT2D eigenvalue weighted by molar-refractivity contribution is 5.86. The zero-order chi connectivity index (χ0) is 20.1. The van der Waals surface area contributed by atoms with Gasteiger partial charge in [0.15, 0.2) is 5.60 Å². The van der Waals surface area contributed by atoms with E-state index >= 15 is 0 Å². The van der Waals surface area contributed by atoms with Crippen LogP contribution in [0.2, 0.25) is 0 Å². The number of likely N-dealkylation sites (tertiary alicyclic amines) is 1. The van der Waals surface area contributed by atoms with Crippen LogP contribution in [0, 0.1) is 17.8 Å². The molecule has 0 N–H and O–H groups in total. The third kappa shape index (κ3) is 5.08. The second kappa shape index (κ2) is 9.30. The lowest BCUT2D eigenvalue weighted by Crippen LogP contribution is -2.57. The summed E-state index contributed by atoms with van der Waals surface area (Å²) in [7, 11) is 0. The Morgan fingerprint density at radius 3 is 2.46 bits per heavy atom. The number of hydrogen-bond acceptors (Lipinski definition) is 3. The van der Waals surface area contributed by atoms with E-state index in [0.29, 0.717) is 37.9 Å². The third-order valence-electron chi connectivity index (χ3n) is 6.32. The van der Waals surface area contributed by atoms with E-state index in [0.717, 1.165) is 44.0 Å². The molecule has 0 radical (unpaired) electrons. The minimum absolute atomic E-state index is 0.160. The Morgan fingerprint density at radius 1 is 1.18 bits per heavy atom. The molecule has 0 spiro atoms. The van der Waals surface area contributed by atoms with Gasteiger partial charge in [0.05, 0.1) is 13.2 Å². The Labute approximate surface area is 170 Å². The SMILES string of the molecule is CC(C)Cc1cccc(OC2(C(=O)N3CCC(C(C)C)CC3)CCOCC2)c1. The Bertz CT molecular complexity index is 641. The number of piperidine rings is 1. The highest BCUT2D eigenvalue weighted by atomic mass is 16.5. The molecule has 1 aromatic rings. The molecule has 0 unspecified atom stereocenters. The van der Waals surface area contributed by atoms with Crippen molar-refractivity contribution >= 4 is 5.91 Å². The Hall–Kier alpha value is -1.55. The molecule has 0 atom stereocenters. The molecular weight excluding hydrogens is 350 g/mol. The van der Waals surface area contributed by atoms with Crippen molar-refractivity contribution in [3.05, 3.63) is 29.8 Å². The van der Waals surface area contributed by atoms with E-state index in [2.05, 4.69) is 39.8 Å². The highest BCUT2D eigenvalue weighted by Crippen LogP contribution is 2.33. The maximum Gasteiger partial charge on any atom is 0.266 e. The van der Waals surface area contributed by atoms with Crippen LogP contribution in [-0.4, -0.2) is 42.7 Å². The number of ether oxygens (including phenoxy) is 2. The van der Waals surface area contributed by atoms with Crippen molar-refractivity contribution in [3.63, 3.8) is 0 Å². The molecule has 4 heteroatoms.